The van der Waals surface area contributed by atoms with Crippen molar-refractivity contribution >= 4 is 17.8 Å². The minimum absolute atomic E-state index is 0.0155. The summed E-state index contributed by atoms with van der Waals surface area (Å²) in [6, 6.07) is 0. The first-order valence-corrected chi connectivity index (χ1v) is 12.9. The first-order valence-electron chi connectivity index (χ1n) is 12.9. The minimum Gasteiger partial charge on any atom is -0.463 e. The number of esters is 1. The lowest BCUT2D eigenvalue weighted by molar-refractivity contribution is -0.158. The molecule has 5 rings (SSSR count). The smallest absolute Gasteiger partial charge is 0.302 e. The zero-order valence-electron chi connectivity index (χ0n) is 20.2. The summed E-state index contributed by atoms with van der Waals surface area (Å²) in [5.41, 5.74) is 2.80. The fourth-order valence-electron chi connectivity index (χ4n) is 9.05. The number of imide groups is 1. The summed E-state index contributed by atoms with van der Waals surface area (Å²) in [4.78, 5) is 37.8. The quantitative estimate of drug-likeness (QED) is 0.426. The lowest BCUT2D eigenvalue weighted by Gasteiger charge is -2.60. The molecule has 1 heterocycles. The van der Waals surface area contributed by atoms with Crippen LogP contribution >= 0.6 is 0 Å². The zero-order valence-corrected chi connectivity index (χ0v) is 20.2. The Hall–Kier alpha value is -1.65. The molecule has 0 aromatic heterocycles. The van der Waals surface area contributed by atoms with Crippen molar-refractivity contribution in [3.63, 3.8) is 0 Å². The van der Waals surface area contributed by atoms with Crippen molar-refractivity contribution in [2.75, 3.05) is 0 Å². The van der Waals surface area contributed by atoms with E-state index in [1.165, 1.54) is 49.5 Å². The Morgan fingerprint density at radius 1 is 0.906 bits per heavy atom. The van der Waals surface area contributed by atoms with Crippen LogP contribution in [0.1, 0.15) is 98.3 Å². The minimum atomic E-state index is -0.142. The van der Waals surface area contributed by atoms with Gasteiger partial charge in [-0.05, 0) is 105 Å². The van der Waals surface area contributed by atoms with Crippen LogP contribution < -0.4 is 0 Å². The highest BCUT2D eigenvalue weighted by Gasteiger charge is 2.59. The van der Waals surface area contributed by atoms with E-state index in [-0.39, 0.29) is 29.3 Å². The second kappa shape index (κ2) is 7.70. The topological polar surface area (TPSA) is 63.7 Å². The number of allylic oxidation sites excluding steroid dienone is 2. The molecule has 32 heavy (non-hydrogen) atoms. The van der Waals surface area contributed by atoms with Crippen LogP contribution in [0, 0.1) is 34.5 Å². The molecule has 0 N–H and O–H groups in total. The fourth-order valence-corrected chi connectivity index (χ4v) is 9.05. The number of carbonyl (C=O) groups is 3. The van der Waals surface area contributed by atoms with Gasteiger partial charge in [-0.15, -0.1) is 0 Å². The number of nitrogens with zero attached hydrogens (tertiary/aromatic N) is 1. The van der Waals surface area contributed by atoms with Crippen molar-refractivity contribution in [2.45, 2.75) is 104 Å². The van der Waals surface area contributed by atoms with Crippen LogP contribution in [0.5, 0.6) is 0 Å². The summed E-state index contributed by atoms with van der Waals surface area (Å²) < 4.78 is 5.61. The molecule has 0 aromatic rings. The van der Waals surface area contributed by atoms with Crippen LogP contribution in [0.2, 0.25) is 0 Å². The van der Waals surface area contributed by atoms with Crippen molar-refractivity contribution in [1.29, 1.82) is 0 Å². The second-order valence-electron chi connectivity index (χ2n) is 11.8. The van der Waals surface area contributed by atoms with Crippen molar-refractivity contribution in [3.05, 3.63) is 11.3 Å². The SMILES string of the molecule is CC(=O)O[C@@H]1CC[C@@]2(C)[C@H](CC[C@@H]3[C@H]4CC/C(=C(\C)N5C(=O)CCC5=O)[C@@]4(C)CC[C@@H]32)C1. The van der Waals surface area contributed by atoms with Crippen LogP contribution in [-0.2, 0) is 19.1 Å². The van der Waals surface area contributed by atoms with E-state index in [2.05, 4.69) is 13.8 Å². The molecular formula is C27H39NO4. The molecule has 5 fully saturated rings. The van der Waals surface area contributed by atoms with Crippen molar-refractivity contribution in [1.82, 2.24) is 4.90 Å². The lowest BCUT2D eigenvalue weighted by atomic mass is 9.45. The van der Waals surface area contributed by atoms with E-state index in [1.54, 1.807) is 0 Å². The molecule has 0 bridgehead atoms. The Bertz CT molecular complexity index is 861. The van der Waals surface area contributed by atoms with Gasteiger partial charge in [0.15, 0.2) is 0 Å². The Labute approximate surface area is 192 Å². The van der Waals surface area contributed by atoms with Gasteiger partial charge < -0.3 is 4.74 Å². The molecule has 2 amide bonds. The number of fused-ring (bicyclic) bond motifs is 5. The van der Waals surface area contributed by atoms with Gasteiger partial charge in [-0.25, -0.2) is 0 Å². The summed E-state index contributed by atoms with van der Waals surface area (Å²) in [7, 11) is 0. The van der Waals surface area contributed by atoms with Gasteiger partial charge in [-0.2, -0.15) is 0 Å². The first-order chi connectivity index (χ1) is 15.1. The average molecular weight is 442 g/mol. The molecule has 4 saturated carbocycles. The molecule has 0 radical (unpaired) electrons. The summed E-state index contributed by atoms with van der Waals surface area (Å²) in [6.07, 6.45) is 11.2. The van der Waals surface area contributed by atoms with Crippen molar-refractivity contribution < 1.29 is 19.1 Å². The van der Waals surface area contributed by atoms with E-state index in [1.807, 2.05) is 6.92 Å². The highest BCUT2D eigenvalue weighted by Crippen LogP contribution is 2.67. The monoisotopic (exact) mass is 441 g/mol. The second-order valence-corrected chi connectivity index (χ2v) is 11.8. The predicted molar refractivity (Wildman–Crippen MR) is 121 cm³/mol. The van der Waals surface area contributed by atoms with Crippen molar-refractivity contribution in [3.8, 4) is 0 Å². The number of rotatable bonds is 2. The molecular weight excluding hydrogens is 402 g/mol. The molecule has 7 atom stereocenters. The fraction of sp³-hybridized carbons (Fsp3) is 0.815. The van der Waals surface area contributed by atoms with Gasteiger partial charge in [-0.1, -0.05) is 13.8 Å². The summed E-state index contributed by atoms with van der Waals surface area (Å²) in [5.74, 6) is 2.61. The molecule has 1 saturated heterocycles. The Kier molecular flexibility index (Phi) is 5.33. The number of carbonyl (C=O) groups excluding carboxylic acids is 3. The third-order valence-corrected chi connectivity index (χ3v) is 10.6. The lowest BCUT2D eigenvalue weighted by Crippen LogP contribution is -2.53. The maximum atomic E-state index is 12.4. The number of likely N-dealkylation sites (tertiary alicyclic amines) is 1. The van der Waals surface area contributed by atoms with Gasteiger partial charge >= 0.3 is 5.97 Å². The molecule has 4 aliphatic carbocycles. The van der Waals surface area contributed by atoms with Crippen LogP contribution in [0.3, 0.4) is 0 Å². The predicted octanol–water partition coefficient (Wildman–Crippen LogP) is 5.38. The van der Waals surface area contributed by atoms with Gasteiger partial charge in [0.1, 0.15) is 6.10 Å². The van der Waals surface area contributed by atoms with Gasteiger partial charge in [0.25, 0.3) is 0 Å². The molecule has 5 heteroatoms. The number of hydrogen-bond acceptors (Lipinski definition) is 4. The van der Waals surface area contributed by atoms with E-state index < -0.39 is 0 Å². The molecule has 0 aromatic carbocycles. The summed E-state index contributed by atoms with van der Waals surface area (Å²) in [5, 5.41) is 0. The van der Waals surface area contributed by atoms with Crippen LogP contribution in [0.4, 0.5) is 0 Å². The average Bonchev–Trinajstić information content (AvgIpc) is 3.26. The molecule has 1 aliphatic heterocycles. The van der Waals surface area contributed by atoms with Crippen LogP contribution in [0.15, 0.2) is 11.3 Å². The molecule has 5 aliphatic rings. The van der Waals surface area contributed by atoms with E-state index in [4.69, 9.17) is 4.74 Å². The van der Waals surface area contributed by atoms with E-state index in [9.17, 15) is 14.4 Å². The Morgan fingerprint density at radius 3 is 2.31 bits per heavy atom. The zero-order chi connectivity index (χ0) is 22.8. The molecule has 5 nitrogen and oxygen atoms in total. The molecule has 0 unspecified atom stereocenters. The van der Waals surface area contributed by atoms with Gasteiger partial charge in [0.05, 0.1) is 0 Å². The highest BCUT2D eigenvalue weighted by atomic mass is 16.5. The van der Waals surface area contributed by atoms with Gasteiger partial charge in [0.2, 0.25) is 11.8 Å². The first kappa shape index (κ1) is 22.2. The number of amides is 2. The Morgan fingerprint density at radius 2 is 1.62 bits per heavy atom. The molecule has 0 spiro atoms. The highest BCUT2D eigenvalue weighted by molar-refractivity contribution is 6.03. The third kappa shape index (κ3) is 3.20. The van der Waals surface area contributed by atoms with Gasteiger partial charge in [0, 0.05) is 25.5 Å². The number of hydrogen-bond donors (Lipinski definition) is 0. The summed E-state index contributed by atoms with van der Waals surface area (Å²) in [6.45, 7) is 8.50. The van der Waals surface area contributed by atoms with E-state index in [0.29, 0.717) is 30.1 Å². The van der Waals surface area contributed by atoms with E-state index >= 15 is 0 Å². The Balaban J connectivity index is 1.39. The largest absolute Gasteiger partial charge is 0.463 e. The standard InChI is InChI=1S/C27H39NO4/c1-16(28-24(30)9-10-25(28)31)21-7-8-22-20-6-5-18-15-19(32-17(2)29)11-13-26(18,3)23(20)12-14-27(21,22)4/h18-20,22-23H,5-15H2,1-4H3/b21-16-/t18-,19-,20-,22-,23+,26+,27-/m1/s1. The third-order valence-electron chi connectivity index (χ3n) is 10.6. The van der Waals surface area contributed by atoms with Crippen LogP contribution in [-0.4, -0.2) is 28.8 Å². The maximum Gasteiger partial charge on any atom is 0.302 e. The normalized spacial score (nSPS) is 45.2. The molecule has 176 valence electrons. The van der Waals surface area contributed by atoms with E-state index in [0.717, 1.165) is 43.2 Å². The maximum absolute atomic E-state index is 12.4. The van der Waals surface area contributed by atoms with Crippen LogP contribution in [0.25, 0.3) is 0 Å². The van der Waals surface area contributed by atoms with Crippen molar-refractivity contribution in [2.24, 2.45) is 34.5 Å². The summed E-state index contributed by atoms with van der Waals surface area (Å²) >= 11 is 0. The van der Waals surface area contributed by atoms with Gasteiger partial charge in [-0.3, -0.25) is 19.3 Å². The number of ether oxygens (including phenoxy) is 1.